The van der Waals surface area contributed by atoms with Crippen LogP contribution in [0.2, 0.25) is 0 Å². The van der Waals surface area contributed by atoms with Crippen LogP contribution in [0.5, 0.6) is 0 Å². The van der Waals surface area contributed by atoms with Crippen molar-refractivity contribution in [2.24, 2.45) is 0 Å². The molecule has 0 fully saturated rings. The van der Waals surface area contributed by atoms with Crippen molar-refractivity contribution < 1.29 is 13.7 Å². The molecule has 0 amide bonds. The lowest BCUT2D eigenvalue weighted by Crippen LogP contribution is -2.38. The van der Waals surface area contributed by atoms with Crippen LogP contribution >= 0.6 is 23.4 Å². The third-order valence-electron chi connectivity index (χ3n) is 6.04. The van der Waals surface area contributed by atoms with Gasteiger partial charge in [0.25, 0.3) is 5.30 Å². The second-order valence-electron chi connectivity index (χ2n) is 8.34. The Balaban J connectivity index is 1.79. The van der Waals surface area contributed by atoms with Gasteiger partial charge in [-0.15, -0.1) is 0 Å². The van der Waals surface area contributed by atoms with Crippen molar-refractivity contribution >= 4 is 83.2 Å². The molecule has 182 valence electrons. The van der Waals surface area contributed by atoms with Gasteiger partial charge in [-0.25, -0.2) is 9.97 Å². The van der Waals surface area contributed by atoms with E-state index >= 15 is 0 Å². The molecular weight excluding hydrogens is 535 g/mol. The molecule has 3 N–H and O–H groups in total. The average Bonchev–Trinajstić information content (AvgIpc) is 3.47. The van der Waals surface area contributed by atoms with E-state index in [0.717, 1.165) is 0 Å². The number of rotatable bonds is 6. The second-order valence-corrected chi connectivity index (χ2v) is 13.0. The fraction of sp³-hybridized carbons (Fsp3) is 0. The van der Waals surface area contributed by atoms with Crippen LogP contribution in [0.1, 0.15) is 0 Å². The highest BCUT2D eigenvalue weighted by molar-refractivity contribution is 7.71. The van der Waals surface area contributed by atoms with Gasteiger partial charge in [0.05, 0.1) is 11.8 Å². The summed E-state index contributed by atoms with van der Waals surface area (Å²) in [6.45, 7) is 0. The Labute approximate surface area is 219 Å². The Bertz CT molecular complexity index is 1880. The van der Waals surface area contributed by atoms with Crippen LogP contribution < -0.4 is 37.7 Å². The molecule has 11 heteroatoms. The first-order valence-electron chi connectivity index (χ1n) is 11.6. The fourth-order valence-electron chi connectivity index (χ4n) is 4.29. The van der Waals surface area contributed by atoms with Crippen LogP contribution in [0.25, 0.3) is 22.1 Å². The number of pyridine rings is 2. The molecule has 0 aliphatic heterocycles. The number of nitrogen functional groups attached to an aromatic ring is 1. The first kappa shape index (κ1) is 24.1. The lowest BCUT2D eigenvalue weighted by Gasteiger charge is -2.03. The molecule has 0 aliphatic rings. The van der Waals surface area contributed by atoms with Crippen molar-refractivity contribution in [1.29, 1.82) is 0 Å². The lowest BCUT2D eigenvalue weighted by atomic mass is 10.2. The molecule has 0 spiro atoms. The molecule has 0 bridgehead atoms. The number of nitrogens with one attached hydrogen (secondary N) is 1. The molecule has 38 heavy (non-hydrogen) atoms. The minimum Gasteiger partial charge on any atom is -0.382 e. The highest BCUT2D eigenvalue weighted by Gasteiger charge is 2.50. The van der Waals surface area contributed by atoms with E-state index in [0.29, 0.717) is 32.3 Å². The molecule has 0 aliphatic carbocycles. The van der Waals surface area contributed by atoms with Gasteiger partial charge in [-0.05, 0) is 36.4 Å². The lowest BCUT2D eigenvalue weighted by molar-refractivity contribution is 0.595. The molecular formula is C27H19N5O3P3+3. The van der Waals surface area contributed by atoms with Crippen molar-refractivity contribution in [3.63, 3.8) is 0 Å². The maximum absolute atomic E-state index is 14.4. The summed E-state index contributed by atoms with van der Waals surface area (Å²) in [6, 6.07) is 26.6. The van der Waals surface area contributed by atoms with E-state index in [4.69, 9.17) is 10.7 Å². The SMILES string of the molecule is Nc1nc2nc([P+](=O)c3ccccc3)c([P+](=O)c3ccccc3)c([P+](=O)c3ccccc3)c2c2[nH]cnc12. The van der Waals surface area contributed by atoms with Crippen LogP contribution in [0.3, 0.4) is 0 Å². The molecule has 6 rings (SSSR count). The van der Waals surface area contributed by atoms with Crippen molar-refractivity contribution in [2.75, 3.05) is 5.73 Å². The van der Waals surface area contributed by atoms with Gasteiger partial charge < -0.3 is 10.7 Å². The molecule has 3 unspecified atom stereocenters. The molecule has 0 saturated heterocycles. The summed E-state index contributed by atoms with van der Waals surface area (Å²) in [5.74, 6) is 0.128. The maximum Gasteiger partial charge on any atom is 0.440 e. The quantitative estimate of drug-likeness (QED) is 0.302. The Morgan fingerprint density at radius 3 is 1.68 bits per heavy atom. The van der Waals surface area contributed by atoms with E-state index in [9.17, 15) is 13.7 Å². The number of nitrogens with zero attached hydrogens (tertiary/aromatic N) is 3. The topological polar surface area (TPSA) is 132 Å². The summed E-state index contributed by atoms with van der Waals surface area (Å²) < 4.78 is 42.7. The van der Waals surface area contributed by atoms with Gasteiger partial charge in [-0.2, -0.15) is 4.98 Å². The zero-order valence-electron chi connectivity index (χ0n) is 19.7. The van der Waals surface area contributed by atoms with E-state index in [1.807, 2.05) is 18.2 Å². The van der Waals surface area contributed by atoms with Gasteiger partial charge in [0.15, 0.2) is 27.4 Å². The maximum atomic E-state index is 14.4. The molecule has 0 radical (unpaired) electrons. The summed E-state index contributed by atoms with van der Waals surface area (Å²) in [7, 11) is -6.99. The number of imidazole rings is 1. The number of fused-ring (bicyclic) bond motifs is 3. The smallest absolute Gasteiger partial charge is 0.382 e. The van der Waals surface area contributed by atoms with Gasteiger partial charge in [0.1, 0.15) is 10.9 Å². The van der Waals surface area contributed by atoms with Crippen LogP contribution in [0, 0.1) is 0 Å². The average molecular weight is 554 g/mol. The van der Waals surface area contributed by atoms with E-state index in [2.05, 4.69) is 15.0 Å². The van der Waals surface area contributed by atoms with E-state index < -0.39 is 23.4 Å². The van der Waals surface area contributed by atoms with Crippen molar-refractivity contribution in [2.45, 2.75) is 0 Å². The Hall–Kier alpha value is -4.21. The van der Waals surface area contributed by atoms with Gasteiger partial charge in [-0.3, -0.25) is 0 Å². The van der Waals surface area contributed by atoms with Crippen LogP contribution in [0.4, 0.5) is 5.82 Å². The zero-order chi connectivity index (χ0) is 26.2. The molecule has 3 heterocycles. The summed E-state index contributed by atoms with van der Waals surface area (Å²) in [5.41, 5.74) is 7.29. The number of anilines is 1. The fourth-order valence-corrected chi connectivity index (χ4v) is 9.30. The Morgan fingerprint density at radius 1 is 0.632 bits per heavy atom. The summed E-state index contributed by atoms with van der Waals surface area (Å²) in [6.07, 6.45) is 1.47. The Kier molecular flexibility index (Phi) is 6.30. The van der Waals surface area contributed by atoms with E-state index in [1.165, 1.54) is 6.33 Å². The van der Waals surface area contributed by atoms with Crippen LogP contribution in [-0.4, -0.2) is 19.9 Å². The highest BCUT2D eigenvalue weighted by Crippen LogP contribution is 2.34. The van der Waals surface area contributed by atoms with E-state index in [-0.39, 0.29) is 27.5 Å². The highest BCUT2D eigenvalue weighted by atomic mass is 31.1. The van der Waals surface area contributed by atoms with Gasteiger partial charge in [0.2, 0.25) is 0 Å². The minimum absolute atomic E-state index is 0.0729. The molecule has 6 aromatic rings. The van der Waals surface area contributed by atoms with Gasteiger partial charge in [0, 0.05) is 0 Å². The monoisotopic (exact) mass is 554 g/mol. The number of nitrogens with two attached hydrogens (primary N) is 1. The summed E-state index contributed by atoms with van der Waals surface area (Å²) in [5, 5.41) is 2.37. The second kappa shape index (κ2) is 9.92. The molecule has 3 aromatic carbocycles. The third-order valence-corrected chi connectivity index (χ3v) is 11.1. The first-order chi connectivity index (χ1) is 18.5. The number of aromatic amines is 1. The van der Waals surface area contributed by atoms with Crippen LogP contribution in [-0.2, 0) is 13.7 Å². The van der Waals surface area contributed by atoms with Crippen molar-refractivity contribution in [3.8, 4) is 0 Å². The number of benzene rings is 3. The number of H-pyrrole nitrogens is 1. The van der Waals surface area contributed by atoms with Crippen molar-refractivity contribution in [1.82, 2.24) is 19.9 Å². The van der Waals surface area contributed by atoms with Gasteiger partial charge in [-0.1, -0.05) is 68.3 Å². The molecule has 0 saturated carbocycles. The summed E-state index contributed by atoms with van der Waals surface area (Å²) in [4.78, 5) is 16.5. The molecule has 3 atom stereocenters. The zero-order valence-corrected chi connectivity index (χ0v) is 22.4. The van der Waals surface area contributed by atoms with Gasteiger partial charge >= 0.3 is 34.1 Å². The number of hydrogen-bond donors (Lipinski definition) is 2. The normalized spacial score (nSPS) is 12.5. The molecule has 3 aromatic heterocycles. The van der Waals surface area contributed by atoms with Crippen molar-refractivity contribution in [3.05, 3.63) is 97.3 Å². The number of hydrogen-bond acceptors (Lipinski definition) is 7. The largest absolute Gasteiger partial charge is 0.440 e. The van der Waals surface area contributed by atoms with Crippen LogP contribution in [0.15, 0.2) is 97.3 Å². The van der Waals surface area contributed by atoms with E-state index in [1.54, 1.807) is 72.8 Å². The predicted octanol–water partition coefficient (Wildman–Crippen LogP) is 3.42. The Morgan fingerprint density at radius 2 is 1.13 bits per heavy atom. The number of aromatic nitrogens is 4. The standard InChI is InChI=1S/C27H19N5O3P3/c28-25-22-21(29-16-30-22)20-23(36(33)17-10-4-1-5-11-17)24(37(34)18-12-6-2-7-13-18)27(32-26(20)31-25)38(35)19-14-8-3-9-15-19/h1-16H,(H,29,30)(H2,28,31,32)/q+3. The minimum atomic E-state index is -2.35. The first-order valence-corrected chi connectivity index (χ1v) is 15.4. The third kappa shape index (κ3) is 4.09. The predicted molar refractivity (Wildman–Crippen MR) is 154 cm³/mol. The molecule has 8 nitrogen and oxygen atoms in total. The summed E-state index contributed by atoms with van der Waals surface area (Å²) >= 11 is 0.